The highest BCUT2D eigenvalue weighted by atomic mass is 35.5. The summed E-state index contributed by atoms with van der Waals surface area (Å²) in [6, 6.07) is 10.5. The molecule has 140 valence electrons. The van der Waals surface area contributed by atoms with Gasteiger partial charge in [0, 0.05) is 6.08 Å². The van der Waals surface area contributed by atoms with Crippen LogP contribution in [-0.4, -0.2) is 15.9 Å². The van der Waals surface area contributed by atoms with Gasteiger partial charge in [0.25, 0.3) is 0 Å². The molecule has 0 saturated carbocycles. The first-order chi connectivity index (χ1) is 12.7. The van der Waals surface area contributed by atoms with Gasteiger partial charge in [-0.1, -0.05) is 29.8 Å². The van der Waals surface area contributed by atoms with Gasteiger partial charge in [0.15, 0.2) is 0 Å². The van der Waals surface area contributed by atoms with Crippen molar-refractivity contribution < 1.29 is 18.0 Å². The Labute approximate surface area is 158 Å². The Morgan fingerprint density at radius 1 is 1.26 bits per heavy atom. The quantitative estimate of drug-likeness (QED) is 0.604. The first-order valence-corrected chi connectivity index (χ1v) is 8.42. The number of aromatic amines is 1. The number of alkyl halides is 3. The number of nitrogens with zero attached hydrogens (tertiary/aromatic N) is 1. The largest absolute Gasteiger partial charge is 0.417 e. The van der Waals surface area contributed by atoms with Crippen molar-refractivity contribution in [1.82, 2.24) is 15.3 Å². The van der Waals surface area contributed by atoms with Crippen LogP contribution in [0.4, 0.5) is 13.2 Å². The van der Waals surface area contributed by atoms with Crippen LogP contribution in [0.5, 0.6) is 0 Å². The Balaban J connectivity index is 1.70. The van der Waals surface area contributed by atoms with Crippen molar-refractivity contribution in [2.24, 2.45) is 0 Å². The summed E-state index contributed by atoms with van der Waals surface area (Å²) in [5.74, 6) is 0.135. The summed E-state index contributed by atoms with van der Waals surface area (Å²) >= 11 is 5.58. The minimum absolute atomic E-state index is 0.221. The Hall–Kier alpha value is -2.80. The molecule has 0 radical (unpaired) electrons. The van der Waals surface area contributed by atoms with E-state index >= 15 is 0 Å². The molecule has 1 amide bonds. The minimum atomic E-state index is -4.56. The molecule has 2 N–H and O–H groups in total. The summed E-state index contributed by atoms with van der Waals surface area (Å²) in [7, 11) is 0. The van der Waals surface area contributed by atoms with E-state index in [0.717, 1.165) is 23.2 Å². The van der Waals surface area contributed by atoms with Crippen LogP contribution in [0.25, 0.3) is 17.1 Å². The van der Waals surface area contributed by atoms with Gasteiger partial charge in [0.1, 0.15) is 5.82 Å². The maximum absolute atomic E-state index is 12.9. The van der Waals surface area contributed by atoms with Crippen LogP contribution in [0, 0.1) is 0 Å². The zero-order valence-corrected chi connectivity index (χ0v) is 14.9. The molecule has 0 aliphatic heterocycles. The fraction of sp³-hybridized carbons (Fsp3) is 0.158. The molecule has 1 unspecified atom stereocenters. The molecular formula is C19H15ClF3N3O. The third kappa shape index (κ3) is 4.49. The molecular weight excluding hydrogens is 379 g/mol. The lowest BCUT2D eigenvalue weighted by Gasteiger charge is -2.10. The zero-order chi connectivity index (χ0) is 19.6. The van der Waals surface area contributed by atoms with Gasteiger partial charge >= 0.3 is 6.18 Å². The average molecular weight is 394 g/mol. The third-order valence-corrected chi connectivity index (χ3v) is 4.23. The molecule has 1 atom stereocenters. The van der Waals surface area contributed by atoms with Crippen molar-refractivity contribution in [3.05, 3.63) is 70.5 Å². The van der Waals surface area contributed by atoms with Crippen molar-refractivity contribution in [1.29, 1.82) is 0 Å². The number of para-hydroxylation sites is 2. The Morgan fingerprint density at radius 3 is 2.70 bits per heavy atom. The highest BCUT2D eigenvalue weighted by Crippen LogP contribution is 2.35. The Kier molecular flexibility index (Phi) is 5.23. The number of halogens is 4. The van der Waals surface area contributed by atoms with Crippen LogP contribution in [0.15, 0.2) is 48.5 Å². The Bertz CT molecular complexity index is 978. The normalized spacial score (nSPS) is 13.2. The molecule has 1 aromatic heterocycles. The molecule has 0 aliphatic carbocycles. The second-order valence-corrected chi connectivity index (χ2v) is 6.35. The lowest BCUT2D eigenvalue weighted by molar-refractivity contribution is -0.137. The lowest BCUT2D eigenvalue weighted by atomic mass is 10.1. The first-order valence-electron chi connectivity index (χ1n) is 8.04. The summed E-state index contributed by atoms with van der Waals surface area (Å²) < 4.78 is 38.6. The van der Waals surface area contributed by atoms with Crippen LogP contribution in [0.1, 0.15) is 29.9 Å². The van der Waals surface area contributed by atoms with Crippen LogP contribution < -0.4 is 5.32 Å². The maximum Gasteiger partial charge on any atom is 0.417 e. The number of aromatic nitrogens is 2. The van der Waals surface area contributed by atoms with E-state index < -0.39 is 23.7 Å². The van der Waals surface area contributed by atoms with Crippen molar-refractivity contribution in [2.75, 3.05) is 0 Å². The van der Waals surface area contributed by atoms with E-state index in [1.807, 2.05) is 24.3 Å². The predicted octanol–water partition coefficient (Wildman–Crippen LogP) is 5.13. The molecule has 1 heterocycles. The summed E-state index contributed by atoms with van der Waals surface area (Å²) in [5.41, 5.74) is 0.913. The fourth-order valence-corrected chi connectivity index (χ4v) is 2.77. The van der Waals surface area contributed by atoms with Gasteiger partial charge in [0.05, 0.1) is 27.7 Å². The van der Waals surface area contributed by atoms with E-state index in [9.17, 15) is 18.0 Å². The monoisotopic (exact) mass is 393 g/mol. The fourth-order valence-electron chi connectivity index (χ4n) is 2.54. The minimum Gasteiger partial charge on any atom is -0.343 e. The molecule has 8 heteroatoms. The van der Waals surface area contributed by atoms with Gasteiger partial charge in [-0.15, -0.1) is 0 Å². The third-order valence-electron chi connectivity index (χ3n) is 3.90. The SMILES string of the molecule is CC(NC(=O)/C=C/c1ccc(Cl)c(C(F)(F)F)c1)c1nc2ccccc2[nH]1. The number of nitrogens with one attached hydrogen (secondary N) is 2. The van der Waals surface area contributed by atoms with Crippen LogP contribution >= 0.6 is 11.6 Å². The molecule has 4 nitrogen and oxygen atoms in total. The molecule has 2 aromatic carbocycles. The van der Waals surface area contributed by atoms with Crippen LogP contribution in [0.2, 0.25) is 5.02 Å². The summed E-state index contributed by atoms with van der Waals surface area (Å²) in [6.45, 7) is 1.76. The summed E-state index contributed by atoms with van der Waals surface area (Å²) in [5, 5.41) is 2.33. The number of benzene rings is 2. The summed E-state index contributed by atoms with van der Waals surface area (Å²) in [4.78, 5) is 19.6. The molecule has 0 bridgehead atoms. The van der Waals surface area contributed by atoms with Gasteiger partial charge < -0.3 is 10.3 Å². The number of imidazole rings is 1. The van der Waals surface area contributed by atoms with E-state index in [4.69, 9.17) is 11.6 Å². The number of fused-ring (bicyclic) bond motifs is 1. The van der Waals surface area contributed by atoms with Crippen LogP contribution in [0.3, 0.4) is 0 Å². The second-order valence-electron chi connectivity index (χ2n) is 5.94. The van der Waals surface area contributed by atoms with Gasteiger partial charge in [-0.05, 0) is 42.8 Å². The molecule has 0 spiro atoms. The van der Waals surface area contributed by atoms with E-state index in [1.165, 1.54) is 18.2 Å². The molecule has 3 rings (SSSR count). The number of H-pyrrole nitrogens is 1. The van der Waals surface area contributed by atoms with Crippen molar-refractivity contribution in [2.45, 2.75) is 19.1 Å². The maximum atomic E-state index is 12.9. The van der Waals surface area contributed by atoms with Gasteiger partial charge in [-0.25, -0.2) is 4.98 Å². The second kappa shape index (κ2) is 7.44. The van der Waals surface area contributed by atoms with Crippen molar-refractivity contribution in [3.63, 3.8) is 0 Å². The standard InChI is InChI=1S/C19H15ClF3N3O/c1-11(18-25-15-4-2-3-5-16(15)26-18)24-17(27)9-7-12-6-8-14(20)13(10-12)19(21,22)23/h2-11H,1H3,(H,24,27)(H,25,26)/b9-7+. The highest BCUT2D eigenvalue weighted by Gasteiger charge is 2.33. The first kappa shape index (κ1) is 19.0. The molecule has 0 fully saturated rings. The number of hydrogen-bond donors (Lipinski definition) is 2. The van der Waals surface area contributed by atoms with Crippen LogP contribution in [-0.2, 0) is 11.0 Å². The number of amides is 1. The van der Waals surface area contributed by atoms with E-state index in [1.54, 1.807) is 6.92 Å². The number of carbonyl (C=O) groups is 1. The molecule has 27 heavy (non-hydrogen) atoms. The Morgan fingerprint density at radius 2 is 2.00 bits per heavy atom. The van der Waals surface area contributed by atoms with Gasteiger partial charge in [0.2, 0.25) is 5.91 Å². The molecule has 0 aliphatic rings. The van der Waals surface area contributed by atoms with Gasteiger partial charge in [-0.3, -0.25) is 4.79 Å². The lowest BCUT2D eigenvalue weighted by Crippen LogP contribution is -2.25. The van der Waals surface area contributed by atoms with Crippen molar-refractivity contribution in [3.8, 4) is 0 Å². The molecule has 0 saturated heterocycles. The van der Waals surface area contributed by atoms with Gasteiger partial charge in [-0.2, -0.15) is 13.2 Å². The van der Waals surface area contributed by atoms with E-state index in [-0.39, 0.29) is 10.6 Å². The number of carbonyl (C=O) groups excluding carboxylic acids is 1. The average Bonchev–Trinajstić information content (AvgIpc) is 3.04. The smallest absolute Gasteiger partial charge is 0.343 e. The zero-order valence-electron chi connectivity index (χ0n) is 14.1. The highest BCUT2D eigenvalue weighted by molar-refractivity contribution is 6.31. The number of rotatable bonds is 4. The molecule has 3 aromatic rings. The topological polar surface area (TPSA) is 57.8 Å². The van der Waals surface area contributed by atoms with Crippen molar-refractivity contribution >= 4 is 34.6 Å². The number of hydrogen-bond acceptors (Lipinski definition) is 2. The summed E-state index contributed by atoms with van der Waals surface area (Å²) in [6.07, 6.45) is -2.09. The van der Waals surface area contributed by atoms with E-state index in [0.29, 0.717) is 5.82 Å². The predicted molar refractivity (Wildman–Crippen MR) is 98.1 cm³/mol. The van der Waals surface area contributed by atoms with E-state index in [2.05, 4.69) is 15.3 Å².